The van der Waals surface area contributed by atoms with Crippen molar-refractivity contribution in [3.63, 3.8) is 0 Å². The number of nitrogens with one attached hydrogen (secondary N) is 1. The number of esters is 1. The highest BCUT2D eigenvalue weighted by atomic mass is 35.5. The molecule has 0 amide bonds. The van der Waals surface area contributed by atoms with Crippen LogP contribution in [0.3, 0.4) is 0 Å². The summed E-state index contributed by atoms with van der Waals surface area (Å²) in [6.45, 7) is 4.42. The monoisotopic (exact) mass is 394 g/mol. The van der Waals surface area contributed by atoms with E-state index in [9.17, 15) is 4.79 Å². The summed E-state index contributed by atoms with van der Waals surface area (Å²) in [5, 5.41) is 0.603. The molecule has 0 unspecified atom stereocenters. The van der Waals surface area contributed by atoms with Gasteiger partial charge in [0.2, 0.25) is 0 Å². The summed E-state index contributed by atoms with van der Waals surface area (Å²) in [5.41, 5.74) is 3.05. The highest BCUT2D eigenvalue weighted by Gasteiger charge is 2.19. The summed E-state index contributed by atoms with van der Waals surface area (Å²) in [7, 11) is 0. The molecule has 28 heavy (non-hydrogen) atoms. The van der Waals surface area contributed by atoms with Crippen LogP contribution in [0, 0.1) is 0 Å². The van der Waals surface area contributed by atoms with Gasteiger partial charge >= 0.3 is 5.97 Å². The number of rotatable bonds is 8. The molecule has 0 aliphatic rings. The summed E-state index contributed by atoms with van der Waals surface area (Å²) >= 11 is 5.89. The van der Waals surface area contributed by atoms with Crippen LogP contribution in [-0.4, -0.2) is 18.6 Å². The maximum absolute atomic E-state index is 12.4. The molecule has 3 aromatic rings. The van der Waals surface area contributed by atoms with E-state index in [1.54, 1.807) is 24.3 Å². The van der Waals surface area contributed by atoms with Crippen LogP contribution in [0.5, 0.6) is 0 Å². The van der Waals surface area contributed by atoms with Crippen LogP contribution < -0.4 is 4.90 Å². The van der Waals surface area contributed by atoms with Gasteiger partial charge < -0.3 is 9.64 Å². The first kappa shape index (κ1) is 20.1. The topological polar surface area (TPSA) is 30.7 Å². The van der Waals surface area contributed by atoms with E-state index in [0.717, 1.165) is 19.6 Å². The van der Waals surface area contributed by atoms with Crippen molar-refractivity contribution in [2.75, 3.05) is 6.54 Å². The van der Waals surface area contributed by atoms with E-state index in [1.807, 2.05) is 19.1 Å². The minimum Gasteiger partial charge on any atom is -0.453 e. The van der Waals surface area contributed by atoms with Crippen LogP contribution in [-0.2, 0) is 17.8 Å². The van der Waals surface area contributed by atoms with Crippen LogP contribution in [0.25, 0.3) is 0 Å². The predicted molar refractivity (Wildman–Crippen MR) is 112 cm³/mol. The number of hydrogen-bond acceptors (Lipinski definition) is 2. The molecule has 0 fully saturated rings. The van der Waals surface area contributed by atoms with E-state index in [0.29, 0.717) is 10.6 Å². The zero-order chi connectivity index (χ0) is 19.8. The molecule has 0 aliphatic carbocycles. The minimum absolute atomic E-state index is 0.203. The first-order valence-electron chi connectivity index (χ1n) is 9.48. The summed E-state index contributed by atoms with van der Waals surface area (Å²) < 4.78 is 5.68. The lowest BCUT2D eigenvalue weighted by Crippen LogP contribution is -3.10. The third kappa shape index (κ3) is 6.22. The number of hydrogen-bond donors (Lipinski definition) is 1. The second-order valence-corrected chi connectivity index (χ2v) is 7.44. The van der Waals surface area contributed by atoms with E-state index in [2.05, 4.69) is 48.5 Å². The summed E-state index contributed by atoms with van der Waals surface area (Å²) in [4.78, 5) is 13.7. The lowest BCUT2D eigenvalue weighted by Gasteiger charge is -2.23. The Morgan fingerprint density at radius 2 is 1.36 bits per heavy atom. The van der Waals surface area contributed by atoms with Crippen molar-refractivity contribution in [1.29, 1.82) is 0 Å². The molecule has 0 saturated heterocycles. The fourth-order valence-electron chi connectivity index (χ4n) is 3.26. The van der Waals surface area contributed by atoms with Gasteiger partial charge in [-0.15, -0.1) is 0 Å². The molecule has 0 aromatic heterocycles. The third-order valence-corrected chi connectivity index (χ3v) is 4.81. The second-order valence-electron chi connectivity index (χ2n) is 7.00. The van der Waals surface area contributed by atoms with Crippen molar-refractivity contribution in [1.82, 2.24) is 0 Å². The van der Waals surface area contributed by atoms with Gasteiger partial charge in [-0.2, -0.15) is 0 Å². The van der Waals surface area contributed by atoms with E-state index < -0.39 is 0 Å². The van der Waals surface area contributed by atoms with Gasteiger partial charge in [-0.25, -0.2) is 4.79 Å². The molecular formula is C24H25ClNO2+. The summed E-state index contributed by atoms with van der Waals surface area (Å²) in [6, 6.07) is 27.6. The van der Waals surface area contributed by atoms with E-state index in [1.165, 1.54) is 16.0 Å². The number of ether oxygens (including phenoxy) is 1. The van der Waals surface area contributed by atoms with Crippen LogP contribution in [0.1, 0.15) is 28.4 Å². The smallest absolute Gasteiger partial charge is 0.338 e. The highest BCUT2D eigenvalue weighted by molar-refractivity contribution is 6.30. The second kappa shape index (κ2) is 10.1. The number of carbonyl (C=O) groups is 1. The molecule has 4 heteroatoms. The number of quaternary nitrogens is 1. The molecule has 0 bridgehead atoms. The maximum atomic E-state index is 12.4. The standard InChI is InChI=1S/C24H24ClNO2/c1-19(28-24(27)22-12-14-23(25)15-13-22)16-26(17-20-8-4-2-5-9-20)18-21-10-6-3-7-11-21/h2-15,19H,16-18H2,1H3/p+1/t19-/m1/s1. The predicted octanol–water partition coefficient (Wildman–Crippen LogP) is 4.17. The van der Waals surface area contributed by atoms with Gasteiger partial charge in [-0.05, 0) is 31.2 Å². The number of halogens is 1. The van der Waals surface area contributed by atoms with Crippen molar-refractivity contribution in [3.8, 4) is 0 Å². The Balaban J connectivity index is 1.65. The molecule has 1 atom stereocenters. The average molecular weight is 395 g/mol. The first-order chi connectivity index (χ1) is 13.6. The molecule has 0 saturated carbocycles. The van der Waals surface area contributed by atoms with Crippen molar-refractivity contribution in [2.45, 2.75) is 26.1 Å². The van der Waals surface area contributed by atoms with Gasteiger partial charge in [0.1, 0.15) is 25.7 Å². The zero-order valence-corrected chi connectivity index (χ0v) is 16.7. The molecule has 0 heterocycles. The molecule has 0 aliphatic heterocycles. The first-order valence-corrected chi connectivity index (χ1v) is 9.86. The van der Waals surface area contributed by atoms with Gasteiger partial charge in [0, 0.05) is 16.1 Å². The number of benzene rings is 3. The largest absolute Gasteiger partial charge is 0.453 e. The molecule has 144 valence electrons. The van der Waals surface area contributed by atoms with Crippen LogP contribution >= 0.6 is 11.6 Å². The van der Waals surface area contributed by atoms with Gasteiger partial charge in [0.05, 0.1) is 5.56 Å². The van der Waals surface area contributed by atoms with Crippen LogP contribution in [0.4, 0.5) is 0 Å². The van der Waals surface area contributed by atoms with E-state index >= 15 is 0 Å². The average Bonchev–Trinajstić information content (AvgIpc) is 2.70. The Morgan fingerprint density at radius 3 is 1.86 bits per heavy atom. The fourth-order valence-corrected chi connectivity index (χ4v) is 3.39. The normalized spacial score (nSPS) is 12.0. The van der Waals surface area contributed by atoms with Gasteiger partial charge in [0.15, 0.2) is 0 Å². The lowest BCUT2D eigenvalue weighted by molar-refractivity contribution is -0.930. The van der Waals surface area contributed by atoms with Gasteiger partial charge in [-0.1, -0.05) is 72.3 Å². The van der Waals surface area contributed by atoms with Gasteiger partial charge in [-0.3, -0.25) is 0 Å². The SMILES string of the molecule is C[C@H](C[NH+](Cc1ccccc1)Cc1ccccc1)OC(=O)c1ccc(Cl)cc1. The van der Waals surface area contributed by atoms with Crippen molar-refractivity contribution in [3.05, 3.63) is 107 Å². The molecular weight excluding hydrogens is 370 g/mol. The Bertz CT molecular complexity index is 825. The molecule has 0 radical (unpaired) electrons. The Morgan fingerprint density at radius 1 is 0.857 bits per heavy atom. The molecule has 1 N–H and O–H groups in total. The van der Waals surface area contributed by atoms with E-state index in [-0.39, 0.29) is 12.1 Å². The minimum atomic E-state index is -0.317. The maximum Gasteiger partial charge on any atom is 0.338 e. The Kier molecular flexibility index (Phi) is 7.24. The third-order valence-electron chi connectivity index (χ3n) is 4.56. The lowest BCUT2D eigenvalue weighted by atomic mass is 10.1. The highest BCUT2D eigenvalue weighted by Crippen LogP contribution is 2.11. The fraction of sp³-hybridized carbons (Fsp3) is 0.208. The Hall–Kier alpha value is -2.62. The van der Waals surface area contributed by atoms with Crippen molar-refractivity contribution >= 4 is 17.6 Å². The van der Waals surface area contributed by atoms with Gasteiger partial charge in [0.25, 0.3) is 0 Å². The molecule has 3 rings (SSSR count). The molecule has 3 nitrogen and oxygen atoms in total. The molecule has 0 spiro atoms. The van der Waals surface area contributed by atoms with Crippen molar-refractivity contribution < 1.29 is 14.4 Å². The number of carbonyl (C=O) groups excluding carboxylic acids is 1. The summed E-state index contributed by atoms with van der Waals surface area (Å²) in [5.74, 6) is -0.317. The Labute approximate surface area is 171 Å². The van der Waals surface area contributed by atoms with E-state index in [4.69, 9.17) is 16.3 Å². The summed E-state index contributed by atoms with van der Waals surface area (Å²) in [6.07, 6.45) is -0.203. The quantitative estimate of drug-likeness (QED) is 0.581. The van der Waals surface area contributed by atoms with Crippen LogP contribution in [0.2, 0.25) is 5.02 Å². The molecule has 3 aromatic carbocycles. The van der Waals surface area contributed by atoms with Crippen molar-refractivity contribution in [2.24, 2.45) is 0 Å². The van der Waals surface area contributed by atoms with Crippen LogP contribution in [0.15, 0.2) is 84.9 Å². The zero-order valence-electron chi connectivity index (χ0n) is 16.0.